The molecular formula is C15H19N2O3+. The first-order chi connectivity index (χ1) is 9.74. The summed E-state index contributed by atoms with van der Waals surface area (Å²) in [6.07, 6.45) is 2.38. The number of fused-ring (bicyclic) bond motifs is 1. The number of carbonyl (C=O) groups excluding carboxylic acids is 2. The zero-order valence-corrected chi connectivity index (χ0v) is 11.3. The number of amides is 1. The van der Waals surface area contributed by atoms with Crippen molar-refractivity contribution in [1.29, 1.82) is 0 Å². The second-order valence-corrected chi connectivity index (χ2v) is 5.47. The van der Waals surface area contributed by atoms with Crippen LogP contribution >= 0.6 is 0 Å². The molecule has 1 amide bonds. The molecule has 106 valence electrons. The summed E-state index contributed by atoms with van der Waals surface area (Å²) >= 11 is 0. The van der Waals surface area contributed by atoms with E-state index in [1.807, 2.05) is 30.3 Å². The molecule has 2 saturated heterocycles. The van der Waals surface area contributed by atoms with E-state index in [9.17, 15) is 9.59 Å². The predicted molar refractivity (Wildman–Crippen MR) is 73.3 cm³/mol. The Morgan fingerprint density at radius 2 is 2.15 bits per heavy atom. The van der Waals surface area contributed by atoms with Gasteiger partial charge >= 0.3 is 5.97 Å². The highest BCUT2D eigenvalue weighted by Crippen LogP contribution is 2.11. The van der Waals surface area contributed by atoms with Crippen LogP contribution in [0.5, 0.6) is 0 Å². The van der Waals surface area contributed by atoms with Gasteiger partial charge in [-0.25, -0.2) is 4.79 Å². The Balaban J connectivity index is 1.63. The fourth-order valence-corrected chi connectivity index (χ4v) is 3.16. The minimum Gasteiger partial charge on any atom is -0.455 e. The molecule has 0 aromatic heterocycles. The molecule has 3 atom stereocenters. The van der Waals surface area contributed by atoms with Gasteiger partial charge in [0, 0.05) is 18.5 Å². The van der Waals surface area contributed by atoms with Crippen molar-refractivity contribution in [3.8, 4) is 0 Å². The number of hydrogen-bond acceptors (Lipinski definition) is 3. The number of cyclic esters (lactones) is 1. The van der Waals surface area contributed by atoms with Crippen molar-refractivity contribution in [3.63, 3.8) is 0 Å². The number of esters is 1. The quantitative estimate of drug-likeness (QED) is 0.763. The first-order valence-corrected chi connectivity index (χ1v) is 7.11. The van der Waals surface area contributed by atoms with E-state index in [1.165, 1.54) is 4.90 Å². The van der Waals surface area contributed by atoms with Crippen LogP contribution in [0.2, 0.25) is 0 Å². The fraction of sp³-hybridized carbons (Fsp3) is 0.467. The molecule has 2 fully saturated rings. The average molecular weight is 275 g/mol. The first kappa shape index (κ1) is 13.1. The Bertz CT molecular complexity index is 503. The van der Waals surface area contributed by atoms with E-state index < -0.39 is 0 Å². The normalized spacial score (nSPS) is 28.6. The molecule has 2 aliphatic heterocycles. The molecule has 1 unspecified atom stereocenters. The second kappa shape index (κ2) is 5.63. The summed E-state index contributed by atoms with van der Waals surface area (Å²) in [6.45, 7) is 1.47. The SMILES string of the molecule is O=C(C[C@H]1C(=O)OC[C@H]2CCC[NH+]21)Nc1ccccc1. The van der Waals surface area contributed by atoms with E-state index in [0.29, 0.717) is 12.6 Å². The van der Waals surface area contributed by atoms with Crippen LogP contribution < -0.4 is 10.2 Å². The van der Waals surface area contributed by atoms with Gasteiger partial charge in [-0.1, -0.05) is 18.2 Å². The molecule has 2 N–H and O–H groups in total. The summed E-state index contributed by atoms with van der Waals surface area (Å²) in [4.78, 5) is 25.2. The van der Waals surface area contributed by atoms with Crippen LogP contribution in [0.4, 0.5) is 5.69 Å². The zero-order valence-electron chi connectivity index (χ0n) is 11.3. The van der Waals surface area contributed by atoms with Crippen molar-refractivity contribution < 1.29 is 19.2 Å². The minimum absolute atomic E-state index is 0.127. The van der Waals surface area contributed by atoms with Gasteiger partial charge in [0.2, 0.25) is 5.91 Å². The molecule has 5 heteroatoms. The molecule has 2 heterocycles. The van der Waals surface area contributed by atoms with Gasteiger partial charge in [-0.05, 0) is 12.1 Å². The van der Waals surface area contributed by atoms with Crippen LogP contribution in [0.1, 0.15) is 19.3 Å². The summed E-state index contributed by atoms with van der Waals surface area (Å²) in [6, 6.07) is 9.33. The Morgan fingerprint density at radius 1 is 1.35 bits per heavy atom. The molecule has 3 rings (SSSR count). The van der Waals surface area contributed by atoms with E-state index >= 15 is 0 Å². The summed E-state index contributed by atoms with van der Waals surface area (Å²) in [5.41, 5.74) is 0.759. The third-order valence-electron chi connectivity index (χ3n) is 4.15. The Kier molecular flexibility index (Phi) is 3.69. The van der Waals surface area contributed by atoms with Crippen molar-refractivity contribution in [1.82, 2.24) is 0 Å². The lowest BCUT2D eigenvalue weighted by molar-refractivity contribution is -0.933. The lowest BCUT2D eigenvalue weighted by atomic mass is 10.1. The number of hydrogen-bond donors (Lipinski definition) is 2. The van der Waals surface area contributed by atoms with Gasteiger partial charge in [-0.3, -0.25) is 4.79 Å². The minimum atomic E-state index is -0.347. The highest BCUT2D eigenvalue weighted by molar-refractivity contribution is 5.93. The van der Waals surface area contributed by atoms with Crippen LogP contribution in [-0.4, -0.2) is 37.1 Å². The molecule has 1 aromatic rings. The zero-order chi connectivity index (χ0) is 13.9. The number of nitrogens with one attached hydrogen (secondary N) is 2. The lowest BCUT2D eigenvalue weighted by Gasteiger charge is -2.32. The fourth-order valence-electron chi connectivity index (χ4n) is 3.16. The van der Waals surface area contributed by atoms with Gasteiger partial charge in [0.1, 0.15) is 12.6 Å². The third-order valence-corrected chi connectivity index (χ3v) is 4.15. The van der Waals surface area contributed by atoms with Crippen LogP contribution in [0.3, 0.4) is 0 Å². The molecule has 5 nitrogen and oxygen atoms in total. The molecule has 2 aliphatic rings. The maximum atomic E-state index is 12.1. The summed E-state index contributed by atoms with van der Waals surface area (Å²) < 4.78 is 5.22. The van der Waals surface area contributed by atoms with Gasteiger partial charge < -0.3 is 15.0 Å². The highest BCUT2D eigenvalue weighted by atomic mass is 16.5. The molecule has 0 saturated carbocycles. The number of ether oxygens (including phenoxy) is 1. The number of morpholine rings is 1. The van der Waals surface area contributed by atoms with Crippen molar-refractivity contribution in [2.75, 3.05) is 18.5 Å². The standard InChI is InChI=1S/C15H18N2O3/c18-14(16-11-5-2-1-3-6-11)9-13-15(19)20-10-12-7-4-8-17(12)13/h1-3,5-6,12-13H,4,7-10H2,(H,16,18)/p+1/t12-,13+/m1/s1. The van der Waals surface area contributed by atoms with E-state index in [-0.39, 0.29) is 24.3 Å². The maximum Gasteiger partial charge on any atom is 0.365 e. The maximum absolute atomic E-state index is 12.1. The van der Waals surface area contributed by atoms with E-state index in [1.54, 1.807) is 0 Å². The number of quaternary nitrogens is 1. The number of para-hydroxylation sites is 1. The van der Waals surface area contributed by atoms with Gasteiger partial charge in [0.25, 0.3) is 0 Å². The van der Waals surface area contributed by atoms with Crippen molar-refractivity contribution in [3.05, 3.63) is 30.3 Å². The highest BCUT2D eigenvalue weighted by Gasteiger charge is 2.45. The number of benzene rings is 1. The summed E-state index contributed by atoms with van der Waals surface area (Å²) in [5.74, 6) is -0.362. The van der Waals surface area contributed by atoms with Gasteiger partial charge in [-0.15, -0.1) is 0 Å². The predicted octanol–water partition coefficient (Wildman–Crippen LogP) is -0.0121. The molecule has 0 bridgehead atoms. The van der Waals surface area contributed by atoms with Gasteiger partial charge in [-0.2, -0.15) is 0 Å². The molecule has 0 aliphatic carbocycles. The Hall–Kier alpha value is -1.88. The lowest BCUT2D eigenvalue weighted by Crippen LogP contribution is -3.20. The van der Waals surface area contributed by atoms with Crippen LogP contribution in [0.25, 0.3) is 0 Å². The van der Waals surface area contributed by atoms with Crippen LogP contribution in [0.15, 0.2) is 30.3 Å². The number of anilines is 1. The average Bonchev–Trinajstić information content (AvgIpc) is 2.92. The topological polar surface area (TPSA) is 59.8 Å². The number of carbonyl (C=O) groups is 2. The monoisotopic (exact) mass is 275 g/mol. The van der Waals surface area contributed by atoms with Crippen LogP contribution in [0, 0.1) is 0 Å². The first-order valence-electron chi connectivity index (χ1n) is 7.11. The van der Waals surface area contributed by atoms with E-state index in [2.05, 4.69) is 5.32 Å². The Morgan fingerprint density at radius 3 is 2.95 bits per heavy atom. The van der Waals surface area contributed by atoms with Crippen LogP contribution in [-0.2, 0) is 14.3 Å². The smallest absolute Gasteiger partial charge is 0.365 e. The van der Waals surface area contributed by atoms with Crippen molar-refractivity contribution >= 4 is 17.6 Å². The molecule has 0 spiro atoms. The molecular weight excluding hydrogens is 256 g/mol. The molecule has 20 heavy (non-hydrogen) atoms. The van der Waals surface area contributed by atoms with E-state index in [0.717, 1.165) is 25.1 Å². The number of rotatable bonds is 3. The third kappa shape index (κ3) is 2.67. The summed E-state index contributed by atoms with van der Waals surface area (Å²) in [5, 5.41) is 2.83. The molecule has 1 aromatic carbocycles. The Labute approximate surface area is 117 Å². The van der Waals surface area contributed by atoms with Gasteiger partial charge in [0.05, 0.1) is 13.0 Å². The second-order valence-electron chi connectivity index (χ2n) is 5.47. The van der Waals surface area contributed by atoms with Gasteiger partial charge in [0.15, 0.2) is 6.04 Å². The van der Waals surface area contributed by atoms with Crippen molar-refractivity contribution in [2.24, 2.45) is 0 Å². The summed E-state index contributed by atoms with van der Waals surface area (Å²) in [7, 11) is 0. The van der Waals surface area contributed by atoms with E-state index in [4.69, 9.17) is 4.74 Å². The molecule has 0 radical (unpaired) electrons. The van der Waals surface area contributed by atoms with Crippen molar-refractivity contribution in [2.45, 2.75) is 31.3 Å². The largest absolute Gasteiger partial charge is 0.455 e.